The Bertz CT molecular complexity index is 541. The van der Waals surface area contributed by atoms with Crippen molar-refractivity contribution in [2.45, 2.75) is 26.2 Å². The summed E-state index contributed by atoms with van der Waals surface area (Å²) in [6.45, 7) is 6.30. The van der Waals surface area contributed by atoms with Crippen molar-refractivity contribution in [2.24, 2.45) is 0 Å². The van der Waals surface area contributed by atoms with Crippen LogP contribution >= 0.6 is 11.6 Å². The van der Waals surface area contributed by atoms with Crippen LogP contribution in [-0.2, 0) is 5.41 Å². The SMILES string of the molecule is CC(C)(C)c1cc(-c2ccc(F)c(Cl)c2)n[nH]1. The van der Waals surface area contributed by atoms with E-state index in [0.717, 1.165) is 17.0 Å². The average Bonchev–Trinajstić information content (AvgIpc) is 2.70. The average molecular weight is 253 g/mol. The molecule has 0 atom stereocenters. The zero-order valence-corrected chi connectivity index (χ0v) is 10.8. The van der Waals surface area contributed by atoms with Crippen molar-refractivity contribution >= 4 is 11.6 Å². The lowest BCUT2D eigenvalue weighted by molar-refractivity contribution is 0.567. The Morgan fingerprint density at radius 2 is 1.94 bits per heavy atom. The Morgan fingerprint density at radius 1 is 1.24 bits per heavy atom. The summed E-state index contributed by atoms with van der Waals surface area (Å²) in [7, 11) is 0. The predicted molar refractivity (Wildman–Crippen MR) is 67.7 cm³/mol. The van der Waals surface area contributed by atoms with E-state index in [9.17, 15) is 4.39 Å². The molecule has 90 valence electrons. The Hall–Kier alpha value is -1.35. The molecule has 0 saturated carbocycles. The van der Waals surface area contributed by atoms with Gasteiger partial charge in [-0.2, -0.15) is 5.10 Å². The molecule has 0 aliphatic heterocycles. The van der Waals surface area contributed by atoms with Gasteiger partial charge in [0.05, 0.1) is 10.7 Å². The molecule has 2 aromatic rings. The van der Waals surface area contributed by atoms with Gasteiger partial charge >= 0.3 is 0 Å². The van der Waals surface area contributed by atoms with Crippen molar-refractivity contribution < 1.29 is 4.39 Å². The van der Waals surface area contributed by atoms with Gasteiger partial charge in [0, 0.05) is 16.7 Å². The Labute approximate surface area is 105 Å². The van der Waals surface area contributed by atoms with E-state index >= 15 is 0 Å². The van der Waals surface area contributed by atoms with Crippen LogP contribution in [0.25, 0.3) is 11.3 Å². The number of hydrogen-bond donors (Lipinski definition) is 1. The monoisotopic (exact) mass is 252 g/mol. The predicted octanol–water partition coefficient (Wildman–Crippen LogP) is 4.17. The molecule has 0 aliphatic rings. The summed E-state index contributed by atoms with van der Waals surface area (Å²) in [6.07, 6.45) is 0. The number of benzene rings is 1. The summed E-state index contributed by atoms with van der Waals surface area (Å²) >= 11 is 5.75. The molecular formula is C13H14ClFN2. The molecule has 0 spiro atoms. The standard InChI is InChI=1S/C13H14ClFN2/c1-13(2,3)12-7-11(16-17-12)8-4-5-10(15)9(14)6-8/h4-7H,1-3H3,(H,16,17). The lowest BCUT2D eigenvalue weighted by atomic mass is 9.92. The van der Waals surface area contributed by atoms with Gasteiger partial charge in [-0.05, 0) is 24.3 Å². The first-order valence-electron chi connectivity index (χ1n) is 5.39. The van der Waals surface area contributed by atoms with Crippen molar-refractivity contribution in [3.05, 3.63) is 40.8 Å². The summed E-state index contributed by atoms with van der Waals surface area (Å²) in [5, 5.41) is 7.32. The second kappa shape index (κ2) is 4.15. The van der Waals surface area contributed by atoms with Crippen LogP contribution in [0.1, 0.15) is 26.5 Å². The van der Waals surface area contributed by atoms with Gasteiger partial charge in [0.25, 0.3) is 0 Å². The van der Waals surface area contributed by atoms with E-state index in [4.69, 9.17) is 11.6 Å². The summed E-state index contributed by atoms with van der Waals surface area (Å²) in [6, 6.07) is 6.57. The molecule has 17 heavy (non-hydrogen) atoms. The highest BCUT2D eigenvalue weighted by molar-refractivity contribution is 6.31. The third kappa shape index (κ3) is 2.50. The van der Waals surface area contributed by atoms with Crippen molar-refractivity contribution in [3.8, 4) is 11.3 Å². The van der Waals surface area contributed by atoms with E-state index in [1.165, 1.54) is 6.07 Å². The molecule has 2 rings (SSSR count). The first-order valence-corrected chi connectivity index (χ1v) is 5.77. The van der Waals surface area contributed by atoms with Crippen LogP contribution in [0.15, 0.2) is 24.3 Å². The van der Waals surface area contributed by atoms with E-state index < -0.39 is 5.82 Å². The van der Waals surface area contributed by atoms with Gasteiger partial charge in [-0.25, -0.2) is 4.39 Å². The number of aromatic nitrogens is 2. The van der Waals surface area contributed by atoms with Crippen LogP contribution in [0.5, 0.6) is 0 Å². The normalized spacial score (nSPS) is 11.8. The van der Waals surface area contributed by atoms with Gasteiger partial charge in [-0.1, -0.05) is 32.4 Å². The van der Waals surface area contributed by atoms with Gasteiger partial charge in [-0.3, -0.25) is 5.10 Å². The van der Waals surface area contributed by atoms with Gasteiger partial charge < -0.3 is 0 Å². The number of H-pyrrole nitrogens is 1. The molecule has 0 fully saturated rings. The molecule has 1 N–H and O–H groups in total. The van der Waals surface area contributed by atoms with E-state index in [0.29, 0.717) is 0 Å². The highest BCUT2D eigenvalue weighted by Crippen LogP contribution is 2.27. The molecule has 1 heterocycles. The minimum absolute atomic E-state index is 0.00900. The zero-order chi connectivity index (χ0) is 12.6. The largest absolute Gasteiger partial charge is 0.281 e. The topological polar surface area (TPSA) is 28.7 Å². The molecule has 1 aromatic carbocycles. The Morgan fingerprint density at radius 3 is 2.47 bits per heavy atom. The summed E-state index contributed by atoms with van der Waals surface area (Å²) in [5.74, 6) is -0.415. The third-order valence-corrected chi connectivity index (χ3v) is 2.89. The number of nitrogens with zero attached hydrogens (tertiary/aromatic N) is 1. The summed E-state index contributed by atoms with van der Waals surface area (Å²) in [4.78, 5) is 0. The quantitative estimate of drug-likeness (QED) is 0.811. The van der Waals surface area contributed by atoms with Crippen molar-refractivity contribution in [3.63, 3.8) is 0 Å². The number of halogens is 2. The first kappa shape index (κ1) is 12.1. The van der Waals surface area contributed by atoms with Crippen LogP contribution in [-0.4, -0.2) is 10.2 Å². The summed E-state index contributed by atoms with van der Waals surface area (Å²) in [5.41, 5.74) is 2.63. The maximum atomic E-state index is 13.0. The van der Waals surface area contributed by atoms with Crippen LogP contribution < -0.4 is 0 Å². The molecule has 1 aromatic heterocycles. The Balaban J connectivity index is 2.40. The zero-order valence-electron chi connectivity index (χ0n) is 10.0. The lowest BCUT2D eigenvalue weighted by Crippen LogP contribution is -2.11. The van der Waals surface area contributed by atoms with E-state index in [1.54, 1.807) is 12.1 Å². The molecule has 0 amide bonds. The fourth-order valence-corrected chi connectivity index (χ4v) is 1.69. The number of hydrogen-bond acceptors (Lipinski definition) is 1. The first-order chi connectivity index (χ1) is 7.88. The van der Waals surface area contributed by atoms with Crippen molar-refractivity contribution in [2.75, 3.05) is 0 Å². The highest BCUT2D eigenvalue weighted by Gasteiger charge is 2.17. The van der Waals surface area contributed by atoms with E-state index in [1.807, 2.05) is 6.07 Å². The van der Waals surface area contributed by atoms with Crippen molar-refractivity contribution in [1.29, 1.82) is 0 Å². The molecule has 0 saturated heterocycles. The fourth-order valence-electron chi connectivity index (χ4n) is 1.51. The van der Waals surface area contributed by atoms with Crippen LogP contribution in [0.4, 0.5) is 4.39 Å². The minimum Gasteiger partial charge on any atom is -0.281 e. The third-order valence-electron chi connectivity index (χ3n) is 2.60. The fraction of sp³-hybridized carbons (Fsp3) is 0.308. The maximum absolute atomic E-state index is 13.0. The molecule has 2 nitrogen and oxygen atoms in total. The number of nitrogens with one attached hydrogen (secondary N) is 1. The van der Waals surface area contributed by atoms with E-state index in [2.05, 4.69) is 31.0 Å². The number of rotatable bonds is 1. The maximum Gasteiger partial charge on any atom is 0.141 e. The molecule has 4 heteroatoms. The minimum atomic E-state index is -0.415. The lowest BCUT2D eigenvalue weighted by Gasteiger charge is -2.14. The van der Waals surface area contributed by atoms with E-state index in [-0.39, 0.29) is 10.4 Å². The van der Waals surface area contributed by atoms with Crippen molar-refractivity contribution in [1.82, 2.24) is 10.2 Å². The molecule has 0 unspecified atom stereocenters. The van der Waals surface area contributed by atoms with Crippen LogP contribution in [0.2, 0.25) is 5.02 Å². The Kier molecular flexibility index (Phi) is 2.96. The second-order valence-electron chi connectivity index (χ2n) is 5.05. The van der Waals surface area contributed by atoms with Gasteiger partial charge in [0.1, 0.15) is 5.82 Å². The van der Waals surface area contributed by atoms with Gasteiger partial charge in [-0.15, -0.1) is 0 Å². The van der Waals surface area contributed by atoms with Crippen LogP contribution in [0, 0.1) is 5.82 Å². The van der Waals surface area contributed by atoms with Crippen LogP contribution in [0.3, 0.4) is 0 Å². The van der Waals surface area contributed by atoms with Gasteiger partial charge in [0.2, 0.25) is 0 Å². The molecular weight excluding hydrogens is 239 g/mol. The number of aromatic amines is 1. The molecule has 0 bridgehead atoms. The highest BCUT2D eigenvalue weighted by atomic mass is 35.5. The molecule has 0 aliphatic carbocycles. The smallest absolute Gasteiger partial charge is 0.141 e. The summed E-state index contributed by atoms with van der Waals surface area (Å²) < 4.78 is 13.0. The molecule has 0 radical (unpaired) electrons. The van der Waals surface area contributed by atoms with Gasteiger partial charge in [0.15, 0.2) is 0 Å². The second-order valence-corrected chi connectivity index (χ2v) is 5.45.